The Balaban J connectivity index is 1.06. The van der Waals surface area contributed by atoms with Crippen LogP contribution in [-0.4, -0.2) is 121 Å². The standard InChI is InChI=1S/C47H58N8O9/c1-24(2)39(52-46(58)62-7)44(56)54-19-26(21-60-5)13-36(54)42-48-18-35(50-42)29-9-11-31-30(15-29)23-64-38-17-32-28(16-33(31)38)10-12-34-41(32)51-43(49-34)37-14-27(22-61-6)20-55(37)45(57)40(25(3)4)53-47(59)63-8/h9-12,15-18,24-27,36-37,39-40H,13-14,19-23H2,1-8H3,(H,48,50)(H,49,51)(H,52,58)(H,53,59)/t26-,27-,36-,37-,39-,40-/m0/s1. The summed E-state index contributed by atoms with van der Waals surface area (Å²) in [5.41, 5.74) is 6.42. The van der Waals surface area contributed by atoms with Crippen molar-refractivity contribution in [2.75, 3.05) is 54.7 Å². The zero-order chi connectivity index (χ0) is 45.4. The number of aromatic nitrogens is 4. The number of carbonyl (C=O) groups is 4. The average molecular weight is 879 g/mol. The van der Waals surface area contributed by atoms with Crippen molar-refractivity contribution in [2.24, 2.45) is 23.7 Å². The van der Waals surface area contributed by atoms with E-state index in [1.807, 2.05) is 44.7 Å². The highest BCUT2D eigenvalue weighted by molar-refractivity contribution is 6.07. The van der Waals surface area contributed by atoms with Crippen molar-refractivity contribution >= 4 is 45.8 Å². The second-order valence-electron chi connectivity index (χ2n) is 17.8. The van der Waals surface area contributed by atoms with Crippen LogP contribution in [0.1, 0.15) is 69.8 Å². The second-order valence-corrected chi connectivity index (χ2v) is 17.8. The van der Waals surface area contributed by atoms with Gasteiger partial charge in [0.1, 0.15) is 36.1 Å². The number of carbonyl (C=O) groups excluding carboxylic acids is 4. The molecule has 0 aliphatic carbocycles. The average Bonchev–Trinajstić information content (AvgIpc) is 4.12. The summed E-state index contributed by atoms with van der Waals surface area (Å²) in [5, 5.41) is 7.37. The number of benzene rings is 3. The number of likely N-dealkylation sites (tertiary alicyclic amines) is 2. The first-order valence-corrected chi connectivity index (χ1v) is 21.9. The van der Waals surface area contributed by atoms with Gasteiger partial charge in [0.2, 0.25) is 11.8 Å². The Morgan fingerprint density at radius 2 is 1.38 bits per heavy atom. The largest absolute Gasteiger partial charge is 0.488 e. The zero-order valence-electron chi connectivity index (χ0n) is 37.7. The van der Waals surface area contributed by atoms with E-state index in [1.54, 1.807) is 25.3 Å². The van der Waals surface area contributed by atoms with Crippen LogP contribution in [0.15, 0.2) is 48.7 Å². The monoisotopic (exact) mass is 878 g/mol. The lowest BCUT2D eigenvalue weighted by molar-refractivity contribution is -0.136. The molecule has 340 valence electrons. The van der Waals surface area contributed by atoms with Crippen LogP contribution in [0, 0.1) is 23.7 Å². The Hall–Kier alpha value is -6.20. The van der Waals surface area contributed by atoms with Crippen LogP contribution in [-0.2, 0) is 35.1 Å². The van der Waals surface area contributed by atoms with Gasteiger partial charge < -0.3 is 54.1 Å². The summed E-state index contributed by atoms with van der Waals surface area (Å²) < 4.78 is 27.1. The number of methoxy groups -OCH3 is 4. The van der Waals surface area contributed by atoms with Crippen molar-refractivity contribution in [1.82, 2.24) is 40.4 Å². The van der Waals surface area contributed by atoms with Gasteiger partial charge >= 0.3 is 12.2 Å². The van der Waals surface area contributed by atoms with E-state index in [0.717, 1.165) is 55.5 Å². The number of alkyl carbamates (subject to hydrolysis) is 2. The summed E-state index contributed by atoms with van der Waals surface area (Å²) in [4.78, 5) is 73.0. The van der Waals surface area contributed by atoms with Crippen molar-refractivity contribution in [3.8, 4) is 28.1 Å². The Morgan fingerprint density at radius 1 is 0.766 bits per heavy atom. The topological polar surface area (TPSA) is 202 Å². The molecule has 4 amide bonds. The number of rotatable bonds is 13. The van der Waals surface area contributed by atoms with Crippen molar-refractivity contribution < 1.29 is 42.9 Å². The van der Waals surface area contributed by atoms with E-state index in [0.29, 0.717) is 57.4 Å². The number of hydrogen-bond donors (Lipinski definition) is 4. The molecule has 5 heterocycles. The number of imidazole rings is 2. The van der Waals surface area contributed by atoms with Gasteiger partial charge in [0.15, 0.2) is 0 Å². The smallest absolute Gasteiger partial charge is 0.407 e. The summed E-state index contributed by atoms with van der Waals surface area (Å²) in [5.74, 6) is 1.56. The van der Waals surface area contributed by atoms with E-state index < -0.39 is 24.3 Å². The van der Waals surface area contributed by atoms with E-state index >= 15 is 0 Å². The van der Waals surface area contributed by atoms with E-state index in [1.165, 1.54) is 14.2 Å². The highest BCUT2D eigenvalue weighted by atomic mass is 16.5. The van der Waals surface area contributed by atoms with E-state index in [-0.39, 0.29) is 47.6 Å². The molecular weight excluding hydrogens is 821 g/mol. The third-order valence-electron chi connectivity index (χ3n) is 12.8. The number of nitrogens with one attached hydrogen (secondary N) is 4. The molecule has 0 bridgehead atoms. The normalized spacial score (nSPS) is 20.3. The van der Waals surface area contributed by atoms with Crippen LogP contribution in [0.2, 0.25) is 0 Å². The van der Waals surface area contributed by atoms with Gasteiger partial charge in [-0.1, -0.05) is 45.9 Å². The van der Waals surface area contributed by atoms with Crippen LogP contribution in [0.25, 0.3) is 44.2 Å². The van der Waals surface area contributed by atoms with Gasteiger partial charge in [0, 0.05) is 50.1 Å². The molecule has 0 spiro atoms. The number of aromatic amines is 2. The van der Waals surface area contributed by atoms with Crippen LogP contribution >= 0.6 is 0 Å². The first-order chi connectivity index (χ1) is 30.8. The number of fused-ring (bicyclic) bond motifs is 6. The summed E-state index contributed by atoms with van der Waals surface area (Å²) >= 11 is 0. The summed E-state index contributed by atoms with van der Waals surface area (Å²) in [6.07, 6.45) is 1.80. The lowest BCUT2D eigenvalue weighted by Crippen LogP contribution is -2.51. The number of nitrogens with zero attached hydrogens (tertiary/aromatic N) is 4. The maximum absolute atomic E-state index is 14.1. The SMILES string of the molecule is COC[C@H]1C[C@@H](c2ncc(-c3ccc4c(c3)COc3cc5c(ccc6[nH]c([C@@H]7C[C@H](COC)CN7C(=O)[C@@H](NC(=O)OC)C(C)C)nc65)cc3-4)[nH]2)N(C(=O)[C@@H](NC(=O)OC)C(C)C)C1. The fraction of sp³-hybridized carbons (Fsp3) is 0.489. The van der Waals surface area contributed by atoms with E-state index in [9.17, 15) is 19.2 Å². The minimum atomic E-state index is -0.766. The van der Waals surface area contributed by atoms with Crippen LogP contribution < -0.4 is 15.4 Å². The Labute approximate surface area is 371 Å². The van der Waals surface area contributed by atoms with Gasteiger partial charge in [-0.3, -0.25) is 9.59 Å². The molecule has 2 fully saturated rings. The molecule has 2 saturated heterocycles. The van der Waals surface area contributed by atoms with Crippen molar-refractivity contribution in [3.63, 3.8) is 0 Å². The number of ether oxygens (including phenoxy) is 5. The number of H-pyrrole nitrogens is 2. The predicted octanol–water partition coefficient (Wildman–Crippen LogP) is 6.50. The van der Waals surface area contributed by atoms with Gasteiger partial charge in [0.05, 0.1) is 62.4 Å². The minimum absolute atomic E-state index is 0.0918. The molecule has 0 unspecified atom stereocenters. The highest BCUT2D eigenvalue weighted by Crippen LogP contribution is 2.44. The van der Waals surface area contributed by atoms with Gasteiger partial charge in [-0.25, -0.2) is 19.6 Å². The molecule has 0 radical (unpaired) electrons. The van der Waals surface area contributed by atoms with Crippen LogP contribution in [0.3, 0.4) is 0 Å². The number of hydrogen-bond acceptors (Lipinski definition) is 11. The summed E-state index contributed by atoms with van der Waals surface area (Å²) in [6.45, 7) is 9.86. The molecule has 4 N–H and O–H groups in total. The first-order valence-electron chi connectivity index (χ1n) is 21.9. The Morgan fingerprint density at radius 3 is 1.95 bits per heavy atom. The molecule has 6 atom stereocenters. The molecule has 0 saturated carbocycles. The predicted molar refractivity (Wildman–Crippen MR) is 238 cm³/mol. The fourth-order valence-electron chi connectivity index (χ4n) is 9.60. The third kappa shape index (κ3) is 8.57. The van der Waals surface area contributed by atoms with E-state index in [4.69, 9.17) is 33.7 Å². The van der Waals surface area contributed by atoms with Gasteiger partial charge in [0.25, 0.3) is 0 Å². The van der Waals surface area contributed by atoms with Gasteiger partial charge in [-0.05, 0) is 71.0 Å². The van der Waals surface area contributed by atoms with Crippen molar-refractivity contribution in [3.05, 3.63) is 65.9 Å². The molecule has 64 heavy (non-hydrogen) atoms. The second kappa shape index (κ2) is 18.5. The van der Waals surface area contributed by atoms with Crippen LogP contribution in [0.5, 0.6) is 5.75 Å². The molecule has 17 nitrogen and oxygen atoms in total. The molecule has 3 aromatic carbocycles. The summed E-state index contributed by atoms with van der Waals surface area (Å²) in [7, 11) is 5.88. The van der Waals surface area contributed by atoms with Gasteiger partial charge in [-0.15, -0.1) is 0 Å². The van der Waals surface area contributed by atoms with Crippen molar-refractivity contribution in [2.45, 2.75) is 71.3 Å². The quantitative estimate of drug-likeness (QED) is 0.101. The fourth-order valence-corrected chi connectivity index (χ4v) is 9.60. The molecule has 8 rings (SSSR count). The minimum Gasteiger partial charge on any atom is -0.488 e. The van der Waals surface area contributed by atoms with Gasteiger partial charge in [-0.2, -0.15) is 0 Å². The molecule has 3 aliphatic heterocycles. The number of amides is 4. The molecule has 2 aromatic heterocycles. The molecule has 3 aliphatic rings. The van der Waals surface area contributed by atoms with Crippen molar-refractivity contribution in [1.29, 1.82) is 0 Å². The third-order valence-corrected chi connectivity index (χ3v) is 12.8. The lowest BCUT2D eigenvalue weighted by atomic mass is 9.92. The maximum atomic E-state index is 14.1. The lowest BCUT2D eigenvalue weighted by Gasteiger charge is -2.30. The Kier molecular flexibility index (Phi) is 12.8. The Bertz CT molecular complexity index is 2550. The highest BCUT2D eigenvalue weighted by Gasteiger charge is 2.43. The molecule has 17 heteroatoms. The molecular formula is C47H58N8O9. The van der Waals surface area contributed by atoms with Crippen LogP contribution in [0.4, 0.5) is 9.59 Å². The first kappa shape index (κ1) is 44.4. The van der Waals surface area contributed by atoms with E-state index in [2.05, 4.69) is 50.9 Å². The zero-order valence-corrected chi connectivity index (χ0v) is 37.7. The summed E-state index contributed by atoms with van der Waals surface area (Å²) in [6, 6.07) is 12.3. The maximum Gasteiger partial charge on any atom is 0.407 e. The molecule has 5 aromatic rings.